The van der Waals surface area contributed by atoms with Crippen LogP contribution in [0.5, 0.6) is 5.75 Å². The molecule has 0 aliphatic heterocycles. The van der Waals surface area contributed by atoms with Crippen molar-refractivity contribution >= 4 is 21.6 Å². The van der Waals surface area contributed by atoms with Crippen LogP contribution in [0, 0.1) is 11.6 Å². The summed E-state index contributed by atoms with van der Waals surface area (Å²) in [4.78, 5) is -0.456. The number of phenolic OH excluding ortho intramolecular Hbond substituents is 1. The number of sulfonamides is 1. The highest BCUT2D eigenvalue weighted by Gasteiger charge is 2.22. The van der Waals surface area contributed by atoms with Gasteiger partial charge in [-0.3, -0.25) is 0 Å². The Morgan fingerprint density at radius 3 is 2.52 bits per heavy atom. The van der Waals surface area contributed by atoms with E-state index in [4.69, 9.17) is 11.6 Å². The summed E-state index contributed by atoms with van der Waals surface area (Å²) in [6.07, 6.45) is -1.40. The van der Waals surface area contributed by atoms with Gasteiger partial charge in [0, 0.05) is 6.54 Å². The van der Waals surface area contributed by atoms with Crippen molar-refractivity contribution in [1.82, 2.24) is 4.72 Å². The quantitative estimate of drug-likeness (QED) is 0.761. The molecule has 2 aromatic rings. The molecule has 3 N–H and O–H groups in total. The molecule has 0 saturated heterocycles. The highest BCUT2D eigenvalue weighted by atomic mass is 35.5. The van der Waals surface area contributed by atoms with Crippen molar-refractivity contribution in [3.8, 4) is 5.75 Å². The van der Waals surface area contributed by atoms with Crippen molar-refractivity contribution in [2.24, 2.45) is 0 Å². The molecule has 0 aromatic heterocycles. The van der Waals surface area contributed by atoms with Crippen LogP contribution in [0.15, 0.2) is 41.3 Å². The predicted octanol–water partition coefficient (Wildman–Crippen LogP) is 2.34. The molecular formula is C14H12ClF2NO4S. The molecule has 0 heterocycles. The van der Waals surface area contributed by atoms with Gasteiger partial charge in [0.25, 0.3) is 0 Å². The van der Waals surface area contributed by atoms with Crippen molar-refractivity contribution in [2.75, 3.05) is 6.54 Å². The Morgan fingerprint density at radius 2 is 1.87 bits per heavy atom. The number of rotatable bonds is 5. The molecule has 1 unspecified atom stereocenters. The normalized spacial score (nSPS) is 13.0. The van der Waals surface area contributed by atoms with Crippen LogP contribution in [0.3, 0.4) is 0 Å². The van der Waals surface area contributed by atoms with Crippen LogP contribution < -0.4 is 4.72 Å². The van der Waals surface area contributed by atoms with Crippen LogP contribution in [0.2, 0.25) is 5.02 Å². The van der Waals surface area contributed by atoms with Crippen molar-refractivity contribution in [3.63, 3.8) is 0 Å². The molecule has 0 aliphatic carbocycles. The van der Waals surface area contributed by atoms with Crippen LogP contribution in [-0.2, 0) is 10.0 Å². The van der Waals surface area contributed by atoms with Gasteiger partial charge in [-0.15, -0.1) is 0 Å². The first-order valence-corrected chi connectivity index (χ1v) is 8.18. The maximum Gasteiger partial charge on any atom is 0.244 e. The van der Waals surface area contributed by atoms with Crippen molar-refractivity contribution < 1.29 is 27.4 Å². The molecule has 0 amide bonds. The van der Waals surface area contributed by atoms with E-state index in [2.05, 4.69) is 4.72 Å². The minimum atomic E-state index is -4.15. The summed E-state index contributed by atoms with van der Waals surface area (Å²) in [6, 6.07) is 6.51. The lowest BCUT2D eigenvalue weighted by Crippen LogP contribution is -2.28. The zero-order valence-corrected chi connectivity index (χ0v) is 13.1. The summed E-state index contributed by atoms with van der Waals surface area (Å²) < 4.78 is 52.2. The van der Waals surface area contributed by atoms with Crippen molar-refractivity contribution in [2.45, 2.75) is 11.0 Å². The van der Waals surface area contributed by atoms with Gasteiger partial charge < -0.3 is 10.2 Å². The SMILES string of the molecule is O=S(=O)(NCC(O)c1ccc(F)c(F)c1)c1cccc(Cl)c1O. The van der Waals surface area contributed by atoms with Gasteiger partial charge >= 0.3 is 0 Å². The highest BCUT2D eigenvalue weighted by molar-refractivity contribution is 7.89. The molecule has 2 rings (SSSR count). The summed E-state index contributed by atoms with van der Waals surface area (Å²) in [5.74, 6) is -2.86. The lowest BCUT2D eigenvalue weighted by molar-refractivity contribution is 0.181. The summed E-state index contributed by atoms with van der Waals surface area (Å²) in [6.45, 7) is -0.501. The van der Waals surface area contributed by atoms with E-state index in [9.17, 15) is 27.4 Å². The number of para-hydroxylation sites is 1. The maximum absolute atomic E-state index is 13.1. The molecule has 0 radical (unpaired) electrons. The molecule has 0 aliphatic rings. The van der Waals surface area contributed by atoms with Crippen LogP contribution in [-0.4, -0.2) is 25.2 Å². The van der Waals surface area contributed by atoms with E-state index in [1.807, 2.05) is 0 Å². The predicted molar refractivity (Wildman–Crippen MR) is 79.6 cm³/mol. The van der Waals surface area contributed by atoms with Gasteiger partial charge in [0.15, 0.2) is 17.4 Å². The Labute approximate surface area is 136 Å². The fourth-order valence-corrected chi connectivity index (χ4v) is 3.20. The molecule has 0 fully saturated rings. The number of aliphatic hydroxyl groups is 1. The van der Waals surface area contributed by atoms with Gasteiger partial charge in [0.2, 0.25) is 10.0 Å². The van der Waals surface area contributed by atoms with E-state index in [1.165, 1.54) is 12.1 Å². The minimum Gasteiger partial charge on any atom is -0.505 e. The fourth-order valence-electron chi connectivity index (χ4n) is 1.82. The zero-order chi connectivity index (χ0) is 17.2. The molecule has 0 spiro atoms. The van der Waals surface area contributed by atoms with E-state index in [1.54, 1.807) is 0 Å². The number of phenols is 1. The average Bonchev–Trinajstić information content (AvgIpc) is 2.50. The van der Waals surface area contributed by atoms with Gasteiger partial charge in [-0.05, 0) is 29.8 Å². The maximum atomic E-state index is 13.1. The third-order valence-electron chi connectivity index (χ3n) is 3.03. The molecule has 23 heavy (non-hydrogen) atoms. The topological polar surface area (TPSA) is 86.6 Å². The number of benzene rings is 2. The molecule has 9 heteroatoms. The number of aromatic hydroxyl groups is 1. The molecule has 1 atom stereocenters. The third-order valence-corrected chi connectivity index (χ3v) is 4.79. The Bertz CT molecular complexity index is 830. The molecule has 2 aromatic carbocycles. The molecular weight excluding hydrogens is 352 g/mol. The van der Waals surface area contributed by atoms with Gasteiger partial charge in [-0.1, -0.05) is 23.7 Å². The lowest BCUT2D eigenvalue weighted by Gasteiger charge is -2.14. The Morgan fingerprint density at radius 1 is 1.17 bits per heavy atom. The molecule has 5 nitrogen and oxygen atoms in total. The van der Waals surface area contributed by atoms with E-state index in [0.29, 0.717) is 0 Å². The monoisotopic (exact) mass is 363 g/mol. The molecule has 124 valence electrons. The second-order valence-electron chi connectivity index (χ2n) is 4.63. The van der Waals surface area contributed by atoms with E-state index in [-0.39, 0.29) is 10.6 Å². The number of nitrogens with one attached hydrogen (secondary N) is 1. The number of halogens is 3. The van der Waals surface area contributed by atoms with E-state index < -0.39 is 45.0 Å². The van der Waals surface area contributed by atoms with Crippen molar-refractivity contribution in [3.05, 3.63) is 58.6 Å². The van der Waals surface area contributed by atoms with Gasteiger partial charge in [-0.25, -0.2) is 21.9 Å². The standard InChI is InChI=1S/C14H12ClF2NO4S/c15-9-2-1-3-13(14(9)20)23(21,22)18-7-12(19)8-4-5-10(16)11(17)6-8/h1-6,12,18-20H,7H2. The van der Waals surface area contributed by atoms with E-state index >= 15 is 0 Å². The Hall–Kier alpha value is -1.74. The summed E-state index contributed by atoms with van der Waals surface area (Å²) in [7, 11) is -4.15. The van der Waals surface area contributed by atoms with Gasteiger partial charge in [0.1, 0.15) is 4.90 Å². The average molecular weight is 364 g/mol. The third kappa shape index (κ3) is 3.97. The van der Waals surface area contributed by atoms with Gasteiger partial charge in [-0.2, -0.15) is 0 Å². The van der Waals surface area contributed by atoms with Crippen LogP contribution in [0.4, 0.5) is 8.78 Å². The number of aliphatic hydroxyl groups excluding tert-OH is 1. The first kappa shape index (κ1) is 17.6. The first-order valence-electron chi connectivity index (χ1n) is 6.32. The first-order chi connectivity index (χ1) is 10.7. The number of hydrogen-bond donors (Lipinski definition) is 3. The summed E-state index contributed by atoms with van der Waals surface area (Å²) >= 11 is 5.64. The highest BCUT2D eigenvalue weighted by Crippen LogP contribution is 2.30. The van der Waals surface area contributed by atoms with Crippen LogP contribution in [0.1, 0.15) is 11.7 Å². The minimum absolute atomic E-state index is 0.00177. The Kier molecular flexibility index (Phi) is 5.20. The van der Waals surface area contributed by atoms with Gasteiger partial charge in [0.05, 0.1) is 11.1 Å². The smallest absolute Gasteiger partial charge is 0.244 e. The molecule has 0 bridgehead atoms. The van der Waals surface area contributed by atoms with Crippen LogP contribution >= 0.6 is 11.6 Å². The summed E-state index contributed by atoms with van der Waals surface area (Å²) in [5, 5.41) is 19.4. The lowest BCUT2D eigenvalue weighted by atomic mass is 10.1. The zero-order valence-electron chi connectivity index (χ0n) is 11.5. The largest absolute Gasteiger partial charge is 0.505 e. The Balaban J connectivity index is 2.15. The molecule has 0 saturated carbocycles. The second-order valence-corrected chi connectivity index (χ2v) is 6.77. The second kappa shape index (κ2) is 6.79. The van der Waals surface area contributed by atoms with Crippen LogP contribution in [0.25, 0.3) is 0 Å². The van der Waals surface area contributed by atoms with Crippen molar-refractivity contribution in [1.29, 1.82) is 0 Å². The number of hydrogen-bond acceptors (Lipinski definition) is 4. The fraction of sp³-hybridized carbons (Fsp3) is 0.143. The van der Waals surface area contributed by atoms with E-state index in [0.717, 1.165) is 24.3 Å². The summed E-state index contributed by atoms with van der Waals surface area (Å²) in [5.41, 5.74) is 0.00177.